The minimum atomic E-state index is 0.587. The van der Waals surface area contributed by atoms with Gasteiger partial charge >= 0.3 is 0 Å². The summed E-state index contributed by atoms with van der Waals surface area (Å²) < 4.78 is 5.52. The number of benzene rings is 1. The lowest BCUT2D eigenvalue weighted by Gasteiger charge is -2.35. The quantitative estimate of drug-likeness (QED) is 0.519. The lowest BCUT2D eigenvalue weighted by molar-refractivity contribution is 0.124. The fourth-order valence-corrected chi connectivity index (χ4v) is 3.65. The zero-order valence-corrected chi connectivity index (χ0v) is 18.4. The number of nitrogens with zero attached hydrogens (tertiary/aromatic N) is 4. The summed E-state index contributed by atoms with van der Waals surface area (Å²) in [4.78, 5) is 11.7. The maximum absolute atomic E-state index is 5.52. The van der Waals surface area contributed by atoms with Crippen molar-refractivity contribution in [2.75, 3.05) is 66.5 Å². The van der Waals surface area contributed by atoms with Crippen molar-refractivity contribution in [1.29, 1.82) is 0 Å². The van der Waals surface area contributed by atoms with Crippen LogP contribution in [-0.4, -0.2) is 87.2 Å². The van der Waals surface area contributed by atoms with Crippen LogP contribution in [0.5, 0.6) is 5.75 Å². The summed E-state index contributed by atoms with van der Waals surface area (Å²) in [6.07, 6.45) is 0. The number of likely N-dealkylation sites (N-methyl/N-ethyl adjacent to an activating group) is 1. The van der Waals surface area contributed by atoms with Crippen molar-refractivity contribution < 1.29 is 4.74 Å². The van der Waals surface area contributed by atoms with Crippen LogP contribution in [0.15, 0.2) is 29.3 Å². The van der Waals surface area contributed by atoms with E-state index in [1.54, 1.807) is 0 Å². The van der Waals surface area contributed by atoms with Crippen LogP contribution in [0.2, 0.25) is 0 Å². The Bertz CT molecular complexity index is 581. The van der Waals surface area contributed by atoms with Gasteiger partial charge in [0, 0.05) is 59.9 Å². The van der Waals surface area contributed by atoms with Crippen molar-refractivity contribution in [2.24, 2.45) is 10.9 Å². The summed E-state index contributed by atoms with van der Waals surface area (Å²) in [5, 5.41) is 3.54. The Labute approximate surface area is 171 Å². The lowest BCUT2D eigenvalue weighted by atomic mass is 10.1. The van der Waals surface area contributed by atoms with Gasteiger partial charge in [0.25, 0.3) is 0 Å². The van der Waals surface area contributed by atoms with Gasteiger partial charge in [0.1, 0.15) is 5.75 Å². The molecule has 0 spiro atoms. The third kappa shape index (κ3) is 7.32. The fourth-order valence-electron chi connectivity index (χ4n) is 3.65. The minimum Gasteiger partial charge on any atom is -0.494 e. The summed E-state index contributed by atoms with van der Waals surface area (Å²) in [7, 11) is 3.94. The average Bonchev–Trinajstić information content (AvgIpc) is 2.70. The van der Waals surface area contributed by atoms with Crippen molar-refractivity contribution in [2.45, 2.75) is 27.3 Å². The van der Waals surface area contributed by atoms with Crippen LogP contribution in [0.25, 0.3) is 0 Å². The van der Waals surface area contributed by atoms with Gasteiger partial charge < -0.3 is 24.8 Å². The van der Waals surface area contributed by atoms with Crippen molar-refractivity contribution >= 4 is 5.96 Å². The second-order valence-corrected chi connectivity index (χ2v) is 7.70. The highest BCUT2D eigenvalue weighted by molar-refractivity contribution is 5.79. The van der Waals surface area contributed by atoms with Gasteiger partial charge in [-0.05, 0) is 37.1 Å². The van der Waals surface area contributed by atoms with Crippen LogP contribution in [-0.2, 0) is 6.54 Å². The molecular formula is C22H39N5O. The minimum absolute atomic E-state index is 0.587. The Balaban J connectivity index is 1.74. The molecule has 1 aliphatic heterocycles. The van der Waals surface area contributed by atoms with E-state index in [4.69, 9.17) is 4.74 Å². The summed E-state index contributed by atoms with van der Waals surface area (Å²) in [5.74, 6) is 2.45. The molecule has 158 valence electrons. The van der Waals surface area contributed by atoms with Gasteiger partial charge in [0.2, 0.25) is 0 Å². The first-order valence-electron chi connectivity index (χ1n) is 10.6. The van der Waals surface area contributed by atoms with E-state index < -0.39 is 0 Å². The number of piperazine rings is 1. The Kier molecular flexibility index (Phi) is 9.58. The SMILES string of the molecule is CCOc1ccc(CN(C)C(=NC)NCC(C)CN2CCN(CC)CC2)cc1. The van der Waals surface area contributed by atoms with E-state index >= 15 is 0 Å². The monoisotopic (exact) mass is 389 g/mol. The molecule has 2 rings (SSSR count). The molecule has 1 saturated heterocycles. The number of ether oxygens (including phenoxy) is 1. The van der Waals surface area contributed by atoms with E-state index in [0.717, 1.165) is 31.3 Å². The zero-order chi connectivity index (χ0) is 20.4. The van der Waals surface area contributed by atoms with Gasteiger partial charge in [-0.2, -0.15) is 0 Å². The zero-order valence-electron chi connectivity index (χ0n) is 18.4. The summed E-state index contributed by atoms with van der Waals surface area (Å²) in [5.41, 5.74) is 1.25. The Morgan fingerprint density at radius 3 is 2.36 bits per heavy atom. The lowest BCUT2D eigenvalue weighted by Crippen LogP contribution is -2.48. The van der Waals surface area contributed by atoms with E-state index in [1.165, 1.54) is 38.3 Å². The molecule has 0 amide bonds. The van der Waals surface area contributed by atoms with Gasteiger partial charge in [-0.15, -0.1) is 0 Å². The maximum atomic E-state index is 5.52. The third-order valence-electron chi connectivity index (χ3n) is 5.32. The van der Waals surface area contributed by atoms with Gasteiger partial charge in [-0.25, -0.2) is 0 Å². The molecule has 0 bridgehead atoms. The first kappa shape index (κ1) is 22.5. The third-order valence-corrected chi connectivity index (χ3v) is 5.32. The molecule has 0 aromatic heterocycles. The standard InChI is InChI=1S/C22H39N5O/c1-6-26-12-14-27(15-13-26)17-19(3)16-24-22(23-4)25(5)18-20-8-10-21(11-9-20)28-7-2/h8-11,19H,6-7,12-18H2,1-5H3,(H,23,24). The number of nitrogens with one attached hydrogen (secondary N) is 1. The molecule has 6 heteroatoms. The molecule has 6 nitrogen and oxygen atoms in total. The van der Waals surface area contributed by atoms with Crippen LogP contribution in [0.3, 0.4) is 0 Å². The molecule has 0 radical (unpaired) electrons. The molecule has 1 unspecified atom stereocenters. The highest BCUT2D eigenvalue weighted by atomic mass is 16.5. The number of guanidine groups is 1. The number of rotatable bonds is 9. The van der Waals surface area contributed by atoms with Crippen molar-refractivity contribution in [3.63, 3.8) is 0 Å². The molecule has 0 aliphatic carbocycles. The van der Waals surface area contributed by atoms with Crippen molar-refractivity contribution in [1.82, 2.24) is 20.0 Å². The fraction of sp³-hybridized carbons (Fsp3) is 0.682. The second-order valence-electron chi connectivity index (χ2n) is 7.70. The topological polar surface area (TPSA) is 43.3 Å². The summed E-state index contributed by atoms with van der Waals surface area (Å²) in [6.45, 7) is 16.1. The molecular weight excluding hydrogens is 350 g/mol. The number of aliphatic imine (C=N–C) groups is 1. The predicted octanol–water partition coefficient (Wildman–Crippen LogP) is 2.37. The molecule has 1 aromatic rings. The van der Waals surface area contributed by atoms with Crippen LogP contribution in [0, 0.1) is 5.92 Å². The Morgan fingerprint density at radius 1 is 1.14 bits per heavy atom. The number of hydrogen-bond donors (Lipinski definition) is 1. The first-order chi connectivity index (χ1) is 13.5. The van der Waals surface area contributed by atoms with Crippen LogP contribution < -0.4 is 10.1 Å². The molecule has 1 N–H and O–H groups in total. The van der Waals surface area contributed by atoms with E-state index in [1.807, 2.05) is 26.1 Å². The van der Waals surface area contributed by atoms with Crippen LogP contribution in [0.1, 0.15) is 26.3 Å². The molecule has 1 fully saturated rings. The normalized spacial score (nSPS) is 17.4. The van der Waals surface area contributed by atoms with E-state index in [-0.39, 0.29) is 0 Å². The smallest absolute Gasteiger partial charge is 0.193 e. The van der Waals surface area contributed by atoms with Crippen LogP contribution in [0.4, 0.5) is 0 Å². The van der Waals surface area contributed by atoms with E-state index in [0.29, 0.717) is 12.5 Å². The first-order valence-corrected chi connectivity index (χ1v) is 10.6. The van der Waals surface area contributed by atoms with Crippen molar-refractivity contribution in [3.8, 4) is 5.75 Å². The molecule has 1 heterocycles. The summed E-state index contributed by atoms with van der Waals surface area (Å²) in [6, 6.07) is 8.30. The van der Waals surface area contributed by atoms with Gasteiger partial charge in [0.05, 0.1) is 6.61 Å². The highest BCUT2D eigenvalue weighted by Gasteiger charge is 2.17. The molecule has 0 saturated carbocycles. The highest BCUT2D eigenvalue weighted by Crippen LogP contribution is 2.13. The molecule has 1 aromatic carbocycles. The largest absolute Gasteiger partial charge is 0.494 e. The number of hydrogen-bond acceptors (Lipinski definition) is 4. The van der Waals surface area contributed by atoms with E-state index in [2.05, 4.69) is 58.0 Å². The van der Waals surface area contributed by atoms with Gasteiger partial charge in [0.15, 0.2) is 5.96 Å². The summed E-state index contributed by atoms with van der Waals surface area (Å²) >= 11 is 0. The maximum Gasteiger partial charge on any atom is 0.193 e. The Hall–Kier alpha value is -1.79. The molecule has 1 atom stereocenters. The van der Waals surface area contributed by atoms with Crippen LogP contribution >= 0.6 is 0 Å². The predicted molar refractivity (Wildman–Crippen MR) is 118 cm³/mol. The average molecular weight is 390 g/mol. The molecule has 1 aliphatic rings. The second kappa shape index (κ2) is 11.9. The van der Waals surface area contributed by atoms with Crippen molar-refractivity contribution in [3.05, 3.63) is 29.8 Å². The van der Waals surface area contributed by atoms with Gasteiger partial charge in [-0.3, -0.25) is 4.99 Å². The van der Waals surface area contributed by atoms with Gasteiger partial charge in [-0.1, -0.05) is 26.0 Å². The van der Waals surface area contributed by atoms with E-state index in [9.17, 15) is 0 Å². The molecule has 28 heavy (non-hydrogen) atoms. The Morgan fingerprint density at radius 2 is 1.79 bits per heavy atom.